The third-order valence-electron chi connectivity index (χ3n) is 4.53. The van der Waals surface area contributed by atoms with Crippen molar-refractivity contribution in [3.63, 3.8) is 0 Å². The van der Waals surface area contributed by atoms with Crippen molar-refractivity contribution < 1.29 is 0 Å². The van der Waals surface area contributed by atoms with Crippen LogP contribution in [0.3, 0.4) is 0 Å². The molecule has 1 atom stereocenters. The first-order chi connectivity index (χ1) is 10.8. The van der Waals surface area contributed by atoms with Crippen LogP contribution in [0.4, 0.5) is 5.69 Å². The molecule has 1 aromatic carbocycles. The topological polar surface area (TPSA) is 32.3 Å². The standard InChI is InChI=1S/C18H24N4/c1-3-16-5-7-17(8-6-16)22-13-11-21(12-14-22)15(2)18-19-9-4-10-20-18/h4-10,15H,3,11-14H2,1-2H3. The van der Waals surface area contributed by atoms with Gasteiger partial charge in [-0.1, -0.05) is 19.1 Å². The van der Waals surface area contributed by atoms with E-state index in [1.165, 1.54) is 11.3 Å². The van der Waals surface area contributed by atoms with E-state index in [0.29, 0.717) is 0 Å². The summed E-state index contributed by atoms with van der Waals surface area (Å²) in [6, 6.07) is 11.1. The van der Waals surface area contributed by atoms with Gasteiger partial charge in [0, 0.05) is 44.3 Å². The van der Waals surface area contributed by atoms with E-state index in [4.69, 9.17) is 0 Å². The monoisotopic (exact) mass is 296 g/mol. The lowest BCUT2D eigenvalue weighted by Crippen LogP contribution is -2.47. The highest BCUT2D eigenvalue weighted by atomic mass is 15.3. The highest BCUT2D eigenvalue weighted by Gasteiger charge is 2.23. The molecule has 3 rings (SSSR count). The fraction of sp³-hybridized carbons (Fsp3) is 0.444. The fourth-order valence-electron chi connectivity index (χ4n) is 3.00. The molecule has 4 heteroatoms. The lowest BCUT2D eigenvalue weighted by atomic mass is 10.1. The van der Waals surface area contributed by atoms with Gasteiger partial charge in [0.15, 0.2) is 0 Å². The number of aromatic nitrogens is 2. The number of rotatable bonds is 4. The smallest absolute Gasteiger partial charge is 0.145 e. The van der Waals surface area contributed by atoms with Crippen molar-refractivity contribution in [2.45, 2.75) is 26.3 Å². The van der Waals surface area contributed by atoms with Crippen LogP contribution in [-0.4, -0.2) is 41.0 Å². The minimum atomic E-state index is 0.283. The number of anilines is 1. The summed E-state index contributed by atoms with van der Waals surface area (Å²) < 4.78 is 0. The van der Waals surface area contributed by atoms with E-state index in [1.807, 2.05) is 18.5 Å². The Morgan fingerprint density at radius 3 is 2.23 bits per heavy atom. The molecule has 2 heterocycles. The summed E-state index contributed by atoms with van der Waals surface area (Å²) in [5, 5.41) is 0. The van der Waals surface area contributed by atoms with Crippen LogP contribution < -0.4 is 4.90 Å². The molecule has 1 saturated heterocycles. The number of hydrogen-bond donors (Lipinski definition) is 0. The highest BCUT2D eigenvalue weighted by Crippen LogP contribution is 2.22. The number of hydrogen-bond acceptors (Lipinski definition) is 4. The molecule has 4 nitrogen and oxygen atoms in total. The molecule has 0 radical (unpaired) electrons. The van der Waals surface area contributed by atoms with E-state index in [9.17, 15) is 0 Å². The molecule has 1 aromatic heterocycles. The van der Waals surface area contributed by atoms with Crippen LogP contribution in [0.5, 0.6) is 0 Å². The molecule has 0 saturated carbocycles. The zero-order valence-corrected chi connectivity index (χ0v) is 13.4. The van der Waals surface area contributed by atoms with Crippen LogP contribution in [0.1, 0.15) is 31.3 Å². The lowest BCUT2D eigenvalue weighted by molar-refractivity contribution is 0.191. The van der Waals surface area contributed by atoms with Crippen molar-refractivity contribution in [3.05, 3.63) is 54.1 Å². The van der Waals surface area contributed by atoms with E-state index >= 15 is 0 Å². The Balaban J connectivity index is 1.60. The van der Waals surface area contributed by atoms with Gasteiger partial charge in [-0.2, -0.15) is 0 Å². The number of benzene rings is 1. The van der Waals surface area contributed by atoms with Crippen LogP contribution in [0.2, 0.25) is 0 Å². The van der Waals surface area contributed by atoms with Crippen molar-refractivity contribution in [2.24, 2.45) is 0 Å². The van der Waals surface area contributed by atoms with Gasteiger partial charge in [0.1, 0.15) is 5.82 Å². The van der Waals surface area contributed by atoms with Crippen molar-refractivity contribution in [1.29, 1.82) is 0 Å². The minimum absolute atomic E-state index is 0.283. The summed E-state index contributed by atoms with van der Waals surface area (Å²) in [6.07, 6.45) is 4.75. The normalized spacial score (nSPS) is 17.5. The Kier molecular flexibility index (Phi) is 4.68. The molecule has 2 aromatic rings. The first-order valence-electron chi connectivity index (χ1n) is 8.13. The largest absolute Gasteiger partial charge is 0.369 e. The third kappa shape index (κ3) is 3.28. The van der Waals surface area contributed by atoms with Crippen LogP contribution >= 0.6 is 0 Å². The van der Waals surface area contributed by atoms with Gasteiger partial charge in [0.2, 0.25) is 0 Å². The van der Waals surface area contributed by atoms with Crippen LogP contribution in [-0.2, 0) is 6.42 Å². The molecule has 0 amide bonds. The van der Waals surface area contributed by atoms with Gasteiger partial charge in [-0.25, -0.2) is 9.97 Å². The summed E-state index contributed by atoms with van der Waals surface area (Å²) in [6.45, 7) is 8.61. The van der Waals surface area contributed by atoms with Gasteiger partial charge in [-0.15, -0.1) is 0 Å². The molecule has 1 unspecified atom stereocenters. The van der Waals surface area contributed by atoms with E-state index in [1.54, 1.807) is 0 Å². The molecule has 0 aliphatic carbocycles. The van der Waals surface area contributed by atoms with Gasteiger partial charge < -0.3 is 4.90 Å². The van der Waals surface area contributed by atoms with Gasteiger partial charge in [-0.05, 0) is 37.1 Å². The van der Waals surface area contributed by atoms with Crippen molar-refractivity contribution >= 4 is 5.69 Å². The molecule has 1 aliphatic heterocycles. The summed E-state index contributed by atoms with van der Waals surface area (Å²) in [5.74, 6) is 0.920. The molecule has 22 heavy (non-hydrogen) atoms. The Bertz CT molecular complexity index is 574. The molecule has 1 aliphatic rings. The predicted octanol–water partition coefficient (Wildman–Crippen LogP) is 2.92. The fourth-order valence-corrected chi connectivity index (χ4v) is 3.00. The predicted molar refractivity (Wildman–Crippen MR) is 90.1 cm³/mol. The van der Waals surface area contributed by atoms with E-state index in [2.05, 4.69) is 57.9 Å². The average Bonchev–Trinajstić information content (AvgIpc) is 2.62. The summed E-state index contributed by atoms with van der Waals surface area (Å²) >= 11 is 0. The maximum absolute atomic E-state index is 4.38. The number of piperazine rings is 1. The lowest BCUT2D eigenvalue weighted by Gasteiger charge is -2.38. The quantitative estimate of drug-likeness (QED) is 0.868. The second-order valence-electron chi connectivity index (χ2n) is 5.83. The van der Waals surface area contributed by atoms with Crippen molar-refractivity contribution in [3.8, 4) is 0 Å². The minimum Gasteiger partial charge on any atom is -0.369 e. The highest BCUT2D eigenvalue weighted by molar-refractivity contribution is 5.48. The molecule has 116 valence electrons. The maximum atomic E-state index is 4.38. The van der Waals surface area contributed by atoms with Gasteiger partial charge in [0.05, 0.1) is 6.04 Å². The van der Waals surface area contributed by atoms with E-state index in [0.717, 1.165) is 38.4 Å². The second kappa shape index (κ2) is 6.88. The molecule has 1 fully saturated rings. The Morgan fingerprint density at radius 1 is 1.00 bits per heavy atom. The van der Waals surface area contributed by atoms with Crippen molar-refractivity contribution in [2.75, 3.05) is 31.1 Å². The number of aryl methyl sites for hydroxylation is 1. The van der Waals surface area contributed by atoms with Gasteiger partial charge >= 0.3 is 0 Å². The van der Waals surface area contributed by atoms with E-state index in [-0.39, 0.29) is 6.04 Å². The molecular formula is C18H24N4. The van der Waals surface area contributed by atoms with Crippen molar-refractivity contribution in [1.82, 2.24) is 14.9 Å². The average molecular weight is 296 g/mol. The molecule has 0 bridgehead atoms. The van der Waals surface area contributed by atoms with Crippen LogP contribution in [0.25, 0.3) is 0 Å². The Hall–Kier alpha value is -1.94. The molecular weight excluding hydrogens is 272 g/mol. The maximum Gasteiger partial charge on any atom is 0.145 e. The first-order valence-corrected chi connectivity index (χ1v) is 8.13. The molecule has 0 N–H and O–H groups in total. The Morgan fingerprint density at radius 2 is 1.64 bits per heavy atom. The zero-order valence-electron chi connectivity index (χ0n) is 13.4. The SMILES string of the molecule is CCc1ccc(N2CCN(C(C)c3ncccn3)CC2)cc1. The first kappa shape index (κ1) is 15.0. The number of nitrogens with zero attached hydrogens (tertiary/aromatic N) is 4. The van der Waals surface area contributed by atoms with Crippen LogP contribution in [0.15, 0.2) is 42.7 Å². The van der Waals surface area contributed by atoms with Crippen LogP contribution in [0, 0.1) is 0 Å². The molecule has 0 spiro atoms. The second-order valence-corrected chi connectivity index (χ2v) is 5.83. The third-order valence-corrected chi connectivity index (χ3v) is 4.53. The van der Waals surface area contributed by atoms with E-state index < -0.39 is 0 Å². The Labute approximate surface area is 132 Å². The summed E-state index contributed by atoms with van der Waals surface area (Å²) in [7, 11) is 0. The zero-order chi connectivity index (χ0) is 15.4. The summed E-state index contributed by atoms with van der Waals surface area (Å²) in [4.78, 5) is 13.7. The van der Waals surface area contributed by atoms with Gasteiger partial charge in [-0.3, -0.25) is 4.90 Å². The summed E-state index contributed by atoms with van der Waals surface area (Å²) in [5.41, 5.74) is 2.73. The van der Waals surface area contributed by atoms with Gasteiger partial charge in [0.25, 0.3) is 0 Å².